The Bertz CT molecular complexity index is 92.2. The minimum Gasteiger partial charge on any atom is -0.368 e. The van der Waals surface area contributed by atoms with Crippen LogP contribution in [0.5, 0.6) is 0 Å². The molecule has 9 heavy (non-hydrogen) atoms. The van der Waals surface area contributed by atoms with Gasteiger partial charge in [0.1, 0.15) is 0 Å². The van der Waals surface area contributed by atoms with Gasteiger partial charge in [-0.2, -0.15) is 11.8 Å². The van der Waals surface area contributed by atoms with Crippen LogP contribution in [-0.4, -0.2) is 31.6 Å². The fraction of sp³-hybridized carbons (Fsp3) is 0.800. The minimum absolute atomic E-state index is 0.393. The van der Waals surface area contributed by atoms with Gasteiger partial charge < -0.3 is 5.73 Å². The first-order chi connectivity index (χ1) is 4.31. The molecule has 53 valence electrons. The third kappa shape index (κ3) is 5.49. The summed E-state index contributed by atoms with van der Waals surface area (Å²) in [7, 11) is 1.64. The van der Waals surface area contributed by atoms with Crippen LogP contribution in [-0.2, 0) is 0 Å². The monoisotopic (exact) mass is 146 g/mol. The quantitative estimate of drug-likeness (QED) is 0.343. The van der Waals surface area contributed by atoms with Gasteiger partial charge in [-0.15, -0.1) is 0 Å². The zero-order valence-electron chi connectivity index (χ0n) is 5.79. The van der Waals surface area contributed by atoms with E-state index in [1.807, 2.05) is 6.26 Å². The van der Waals surface area contributed by atoms with Crippen LogP contribution < -0.4 is 11.1 Å². The van der Waals surface area contributed by atoms with Crippen LogP contribution in [0.4, 0.5) is 0 Å². The molecule has 0 aliphatic rings. The van der Waals surface area contributed by atoms with Gasteiger partial charge >= 0.3 is 0 Å². The number of hydrogen-bond acceptors (Lipinski definition) is 2. The highest BCUT2D eigenvalue weighted by atomic mass is 32.2. The van der Waals surface area contributed by atoms with Crippen molar-refractivity contribution in [3.8, 4) is 0 Å². The van der Waals surface area contributed by atoms with E-state index in [1.54, 1.807) is 18.8 Å². The molecule has 1 radical (unpaired) electrons. The summed E-state index contributed by atoms with van der Waals surface area (Å²) < 4.78 is 0. The fourth-order valence-corrected chi connectivity index (χ4v) is 0.596. The molecular weight excluding hydrogens is 134 g/mol. The highest BCUT2D eigenvalue weighted by molar-refractivity contribution is 7.98. The smallest absolute Gasteiger partial charge is 0.210 e. The number of nitrogens with zero attached hydrogens (tertiary/aromatic N) is 2. The van der Waals surface area contributed by atoms with Gasteiger partial charge in [-0.05, 0) is 6.26 Å². The Balaban J connectivity index is 3.07. The molecule has 2 N–H and O–H groups in total. The molecule has 0 heterocycles. The third-order valence-electron chi connectivity index (χ3n) is 0.798. The lowest BCUT2D eigenvalue weighted by molar-refractivity contribution is 0.943. The Morgan fingerprint density at radius 1 is 1.67 bits per heavy atom. The first-order valence-electron chi connectivity index (χ1n) is 2.70. The average molecular weight is 146 g/mol. The largest absolute Gasteiger partial charge is 0.368 e. The molecule has 0 aromatic heterocycles. The van der Waals surface area contributed by atoms with Crippen LogP contribution in [0.15, 0.2) is 4.99 Å². The van der Waals surface area contributed by atoms with Crippen molar-refractivity contribution in [1.29, 1.82) is 0 Å². The van der Waals surface area contributed by atoms with E-state index in [2.05, 4.69) is 10.3 Å². The van der Waals surface area contributed by atoms with E-state index < -0.39 is 0 Å². The van der Waals surface area contributed by atoms with E-state index >= 15 is 0 Å². The molecular formula is C5H12N3S. The maximum Gasteiger partial charge on any atom is 0.210 e. The molecule has 0 amide bonds. The molecule has 0 aliphatic heterocycles. The SMILES string of the molecule is CN=C(N)[N]CCSC. The molecule has 0 bridgehead atoms. The Kier molecular flexibility index (Phi) is 5.51. The lowest BCUT2D eigenvalue weighted by Crippen LogP contribution is -2.26. The second-order valence-electron chi connectivity index (χ2n) is 1.46. The number of rotatable bonds is 3. The fourth-order valence-electron chi connectivity index (χ4n) is 0.322. The van der Waals surface area contributed by atoms with E-state index in [0.717, 1.165) is 12.3 Å². The van der Waals surface area contributed by atoms with Crippen LogP contribution in [0.2, 0.25) is 0 Å². The van der Waals surface area contributed by atoms with Gasteiger partial charge in [0.15, 0.2) is 0 Å². The van der Waals surface area contributed by atoms with Crippen LogP contribution in [0.1, 0.15) is 0 Å². The van der Waals surface area contributed by atoms with Gasteiger partial charge in [0, 0.05) is 12.8 Å². The molecule has 0 spiro atoms. The first-order valence-corrected chi connectivity index (χ1v) is 4.09. The summed E-state index contributed by atoms with van der Waals surface area (Å²) in [6, 6.07) is 0. The van der Waals surface area contributed by atoms with Crippen LogP contribution >= 0.6 is 11.8 Å². The molecule has 0 aromatic carbocycles. The lowest BCUT2D eigenvalue weighted by Gasteiger charge is -1.97. The summed E-state index contributed by atoms with van der Waals surface area (Å²) in [4.78, 5) is 3.68. The number of thioether (sulfide) groups is 1. The molecule has 0 rings (SSSR count). The van der Waals surface area contributed by atoms with E-state index in [4.69, 9.17) is 5.73 Å². The Hall–Kier alpha value is -0.380. The topological polar surface area (TPSA) is 52.5 Å². The van der Waals surface area contributed by atoms with Gasteiger partial charge in [0.2, 0.25) is 5.96 Å². The Morgan fingerprint density at radius 3 is 2.78 bits per heavy atom. The van der Waals surface area contributed by atoms with E-state index in [1.165, 1.54) is 0 Å². The van der Waals surface area contributed by atoms with E-state index in [9.17, 15) is 0 Å². The predicted octanol–water partition coefficient (Wildman–Crippen LogP) is -0.102. The standard InChI is InChI=1S/C5H12N3S/c1-7-5(6)8-3-4-9-2/h3-4H2,1-2H3,(H2,6,7). The molecule has 0 aliphatic carbocycles. The molecule has 0 atom stereocenters. The zero-order valence-corrected chi connectivity index (χ0v) is 6.61. The maximum atomic E-state index is 5.29. The number of guanidine groups is 1. The van der Waals surface area contributed by atoms with Crippen molar-refractivity contribution >= 4 is 17.7 Å². The molecule has 0 saturated carbocycles. The van der Waals surface area contributed by atoms with Crippen LogP contribution in [0.3, 0.4) is 0 Å². The van der Waals surface area contributed by atoms with Crippen molar-refractivity contribution in [3.63, 3.8) is 0 Å². The normalized spacial score (nSPS) is 11.6. The van der Waals surface area contributed by atoms with Gasteiger partial charge in [0.25, 0.3) is 0 Å². The van der Waals surface area contributed by atoms with Crippen molar-refractivity contribution in [3.05, 3.63) is 0 Å². The molecule has 0 unspecified atom stereocenters. The zero-order chi connectivity index (χ0) is 7.11. The Labute approximate surface area is 60.1 Å². The summed E-state index contributed by atoms with van der Waals surface area (Å²) >= 11 is 1.75. The summed E-state index contributed by atoms with van der Waals surface area (Å²) in [6.07, 6.45) is 2.04. The molecule has 3 nitrogen and oxygen atoms in total. The molecule has 0 fully saturated rings. The van der Waals surface area contributed by atoms with Crippen molar-refractivity contribution in [2.45, 2.75) is 0 Å². The number of nitrogens with two attached hydrogens (primary N) is 1. The molecule has 0 saturated heterocycles. The second-order valence-corrected chi connectivity index (χ2v) is 2.44. The summed E-state index contributed by atoms with van der Waals surface area (Å²) in [5, 5.41) is 3.94. The average Bonchev–Trinajstić information content (AvgIpc) is 1.89. The maximum absolute atomic E-state index is 5.29. The summed E-state index contributed by atoms with van der Waals surface area (Å²) in [5.74, 6) is 1.40. The lowest BCUT2D eigenvalue weighted by atomic mass is 10.7. The van der Waals surface area contributed by atoms with Gasteiger partial charge in [-0.1, -0.05) is 0 Å². The van der Waals surface area contributed by atoms with Crippen molar-refractivity contribution in [2.75, 3.05) is 25.6 Å². The van der Waals surface area contributed by atoms with Gasteiger partial charge in [0.05, 0.1) is 6.54 Å². The number of hydrogen-bond donors (Lipinski definition) is 1. The summed E-state index contributed by atoms with van der Waals surface area (Å²) in [6.45, 7) is 0.768. The van der Waals surface area contributed by atoms with Gasteiger partial charge in [-0.25, -0.2) is 0 Å². The third-order valence-corrected chi connectivity index (χ3v) is 1.39. The van der Waals surface area contributed by atoms with Crippen molar-refractivity contribution < 1.29 is 0 Å². The minimum atomic E-state index is 0.393. The highest BCUT2D eigenvalue weighted by Gasteiger charge is 1.88. The van der Waals surface area contributed by atoms with Crippen molar-refractivity contribution in [1.82, 2.24) is 5.32 Å². The summed E-state index contributed by atoms with van der Waals surface area (Å²) in [5.41, 5.74) is 5.29. The van der Waals surface area contributed by atoms with E-state index in [-0.39, 0.29) is 0 Å². The molecule has 4 heteroatoms. The highest BCUT2D eigenvalue weighted by Crippen LogP contribution is 1.86. The van der Waals surface area contributed by atoms with Gasteiger partial charge in [-0.3, -0.25) is 10.3 Å². The number of aliphatic imine (C=N–C) groups is 1. The second kappa shape index (κ2) is 5.75. The molecule has 0 aromatic rings. The Morgan fingerprint density at radius 2 is 2.33 bits per heavy atom. The van der Waals surface area contributed by atoms with E-state index in [0.29, 0.717) is 5.96 Å². The first kappa shape index (κ1) is 8.62. The predicted molar refractivity (Wildman–Crippen MR) is 42.9 cm³/mol. The van der Waals surface area contributed by atoms with Crippen molar-refractivity contribution in [2.24, 2.45) is 10.7 Å². The van der Waals surface area contributed by atoms with Crippen LogP contribution in [0, 0.1) is 0 Å². The van der Waals surface area contributed by atoms with Crippen LogP contribution in [0.25, 0.3) is 0 Å².